The number of benzene rings is 2. The number of carbonyl (C=O) groups excluding carboxylic acids is 1. The lowest BCUT2D eigenvalue weighted by Crippen LogP contribution is -2.26. The molecule has 0 aliphatic heterocycles. The number of alkyl halides is 3. The van der Waals surface area contributed by atoms with Crippen LogP contribution in [-0.4, -0.2) is 27.5 Å². The van der Waals surface area contributed by atoms with Crippen LogP contribution in [0.5, 0.6) is 5.75 Å². The molecule has 0 radical (unpaired) electrons. The molecule has 2 aromatic carbocycles. The van der Waals surface area contributed by atoms with Crippen molar-refractivity contribution in [3.8, 4) is 5.75 Å². The van der Waals surface area contributed by atoms with E-state index in [0.29, 0.717) is 0 Å². The first-order chi connectivity index (χ1) is 13.6. The first-order valence-corrected chi connectivity index (χ1v) is 10.2. The highest BCUT2D eigenvalue weighted by Gasteiger charge is 2.31. The van der Waals surface area contributed by atoms with Gasteiger partial charge in [-0.1, -0.05) is 18.2 Å². The van der Waals surface area contributed by atoms with Gasteiger partial charge in [0.15, 0.2) is 0 Å². The van der Waals surface area contributed by atoms with Gasteiger partial charge >= 0.3 is 6.18 Å². The fourth-order valence-corrected chi connectivity index (χ4v) is 4.01. The lowest BCUT2D eigenvalue weighted by molar-refractivity contribution is -0.137. The summed E-state index contributed by atoms with van der Waals surface area (Å²) in [7, 11) is -2.39. The maximum atomic E-state index is 12.8. The predicted molar refractivity (Wildman–Crippen MR) is 100 cm³/mol. The zero-order chi connectivity index (χ0) is 21.2. The van der Waals surface area contributed by atoms with E-state index in [4.69, 9.17) is 4.74 Å². The van der Waals surface area contributed by atoms with Crippen LogP contribution in [0.25, 0.3) is 0 Å². The van der Waals surface area contributed by atoms with E-state index in [1.807, 2.05) is 0 Å². The molecule has 0 unspecified atom stereocenters. The maximum Gasteiger partial charge on any atom is 0.416 e. The van der Waals surface area contributed by atoms with E-state index in [2.05, 4.69) is 10.0 Å². The minimum absolute atomic E-state index is 0.0421. The number of halogens is 3. The molecule has 0 saturated heterocycles. The summed E-state index contributed by atoms with van der Waals surface area (Å²) in [6.07, 6.45) is -3.27. The van der Waals surface area contributed by atoms with E-state index in [-0.39, 0.29) is 34.4 Å². The third-order valence-corrected chi connectivity index (χ3v) is 5.79. The molecule has 1 aliphatic rings. The van der Waals surface area contributed by atoms with Gasteiger partial charge in [0.05, 0.1) is 29.7 Å². The van der Waals surface area contributed by atoms with E-state index in [1.54, 1.807) is 0 Å². The van der Waals surface area contributed by atoms with Crippen LogP contribution in [0.3, 0.4) is 0 Å². The molecule has 3 rings (SSSR count). The molecule has 1 aliphatic carbocycles. The summed E-state index contributed by atoms with van der Waals surface area (Å²) in [5, 5.41) is 2.51. The summed E-state index contributed by atoms with van der Waals surface area (Å²) >= 11 is 0. The summed E-state index contributed by atoms with van der Waals surface area (Å²) < 4.78 is 70.9. The molecule has 2 aromatic rings. The van der Waals surface area contributed by atoms with Crippen molar-refractivity contribution in [2.45, 2.75) is 36.4 Å². The van der Waals surface area contributed by atoms with E-state index < -0.39 is 27.7 Å². The molecular formula is C19H19F3N2O4S. The molecular weight excluding hydrogens is 409 g/mol. The van der Waals surface area contributed by atoms with Crippen LogP contribution in [0.2, 0.25) is 0 Å². The second kappa shape index (κ2) is 8.03. The lowest BCUT2D eigenvalue weighted by atomic mass is 10.1. The SMILES string of the molecule is COc1ccc(S(=O)(=O)NC2CC2)cc1NC(=O)Cc1cccc(C(F)(F)F)c1. The molecule has 1 fully saturated rings. The van der Waals surface area contributed by atoms with E-state index in [1.165, 1.54) is 37.4 Å². The van der Waals surface area contributed by atoms with Gasteiger partial charge < -0.3 is 10.1 Å². The molecule has 29 heavy (non-hydrogen) atoms. The molecule has 0 heterocycles. The van der Waals surface area contributed by atoms with Crippen molar-refractivity contribution >= 4 is 21.6 Å². The minimum Gasteiger partial charge on any atom is -0.495 e. The number of carbonyl (C=O) groups is 1. The van der Waals surface area contributed by atoms with Crippen LogP contribution in [0, 0.1) is 0 Å². The fraction of sp³-hybridized carbons (Fsp3) is 0.316. The van der Waals surface area contributed by atoms with Crippen molar-refractivity contribution in [2.75, 3.05) is 12.4 Å². The van der Waals surface area contributed by atoms with Gasteiger partial charge in [0, 0.05) is 6.04 Å². The van der Waals surface area contributed by atoms with Gasteiger partial charge in [-0.2, -0.15) is 13.2 Å². The Morgan fingerprint density at radius 3 is 2.52 bits per heavy atom. The van der Waals surface area contributed by atoms with Crippen LogP contribution in [0.15, 0.2) is 47.4 Å². The highest BCUT2D eigenvalue weighted by atomic mass is 32.2. The number of ether oxygens (including phenoxy) is 1. The zero-order valence-electron chi connectivity index (χ0n) is 15.4. The lowest BCUT2D eigenvalue weighted by Gasteiger charge is -2.13. The third kappa shape index (κ3) is 5.48. The van der Waals surface area contributed by atoms with Crippen LogP contribution in [0.4, 0.5) is 18.9 Å². The predicted octanol–water partition coefficient (Wildman–Crippen LogP) is 3.34. The van der Waals surface area contributed by atoms with E-state index in [0.717, 1.165) is 25.0 Å². The Kier molecular flexibility index (Phi) is 5.85. The largest absolute Gasteiger partial charge is 0.495 e. The average molecular weight is 428 g/mol. The topological polar surface area (TPSA) is 84.5 Å². The summed E-state index contributed by atoms with van der Waals surface area (Å²) in [6, 6.07) is 8.39. The van der Waals surface area contributed by atoms with Crippen molar-refractivity contribution in [2.24, 2.45) is 0 Å². The smallest absolute Gasteiger partial charge is 0.416 e. The fourth-order valence-electron chi connectivity index (χ4n) is 2.68. The van der Waals surface area contributed by atoms with Crippen LogP contribution < -0.4 is 14.8 Å². The second-order valence-corrected chi connectivity index (χ2v) is 8.39. The number of hydrogen-bond acceptors (Lipinski definition) is 4. The van der Waals surface area contributed by atoms with Gasteiger partial charge in [-0.15, -0.1) is 0 Å². The normalized spacial score (nSPS) is 14.5. The number of methoxy groups -OCH3 is 1. The number of amides is 1. The van der Waals surface area contributed by atoms with Crippen LogP contribution in [0.1, 0.15) is 24.0 Å². The third-order valence-electron chi connectivity index (χ3n) is 4.27. The maximum absolute atomic E-state index is 12.8. The zero-order valence-corrected chi connectivity index (χ0v) is 16.2. The van der Waals surface area contributed by atoms with Crippen molar-refractivity contribution in [1.29, 1.82) is 0 Å². The molecule has 2 N–H and O–H groups in total. The molecule has 1 amide bonds. The number of anilines is 1. The van der Waals surface area contributed by atoms with Crippen LogP contribution >= 0.6 is 0 Å². The number of rotatable bonds is 7. The standard InChI is InChI=1S/C19H19F3N2O4S/c1-28-17-8-7-15(29(26,27)24-14-5-6-14)11-16(17)23-18(25)10-12-3-2-4-13(9-12)19(20,21)22/h2-4,7-9,11,14,24H,5-6,10H2,1H3,(H,23,25). The first kappa shape index (κ1) is 21.1. The van der Waals surface area contributed by atoms with Gasteiger partial charge in [0.2, 0.25) is 15.9 Å². The Morgan fingerprint density at radius 1 is 1.17 bits per heavy atom. The van der Waals surface area contributed by atoms with Crippen molar-refractivity contribution < 1.29 is 31.1 Å². The van der Waals surface area contributed by atoms with Gasteiger partial charge in [0.1, 0.15) is 5.75 Å². The molecule has 1 saturated carbocycles. The Hall–Kier alpha value is -2.59. The molecule has 10 heteroatoms. The Bertz CT molecular complexity index is 1020. The van der Waals surface area contributed by atoms with Crippen molar-refractivity contribution in [1.82, 2.24) is 4.72 Å². The first-order valence-electron chi connectivity index (χ1n) is 8.75. The monoisotopic (exact) mass is 428 g/mol. The van der Waals surface area contributed by atoms with Gasteiger partial charge in [-0.25, -0.2) is 13.1 Å². The Balaban J connectivity index is 1.78. The molecule has 6 nitrogen and oxygen atoms in total. The summed E-state index contributed by atoms with van der Waals surface area (Å²) in [5.74, 6) is -0.375. The van der Waals surface area contributed by atoms with E-state index in [9.17, 15) is 26.4 Å². The molecule has 0 atom stereocenters. The minimum atomic E-state index is -4.51. The number of hydrogen-bond donors (Lipinski definition) is 2. The summed E-state index contributed by atoms with van der Waals surface area (Å²) in [5.41, 5.74) is -0.557. The van der Waals surface area contributed by atoms with Gasteiger partial charge in [-0.05, 0) is 42.7 Å². The van der Waals surface area contributed by atoms with E-state index >= 15 is 0 Å². The van der Waals surface area contributed by atoms with Crippen molar-refractivity contribution in [3.63, 3.8) is 0 Å². The van der Waals surface area contributed by atoms with Crippen molar-refractivity contribution in [3.05, 3.63) is 53.6 Å². The summed E-state index contributed by atoms with van der Waals surface area (Å²) in [6.45, 7) is 0. The average Bonchev–Trinajstić information content (AvgIpc) is 3.44. The highest BCUT2D eigenvalue weighted by molar-refractivity contribution is 7.89. The van der Waals surface area contributed by atoms with Crippen LogP contribution in [-0.2, 0) is 27.4 Å². The summed E-state index contributed by atoms with van der Waals surface area (Å²) in [4.78, 5) is 12.3. The molecule has 0 bridgehead atoms. The second-order valence-electron chi connectivity index (χ2n) is 6.68. The molecule has 0 aromatic heterocycles. The number of sulfonamides is 1. The molecule has 156 valence electrons. The quantitative estimate of drug-likeness (QED) is 0.709. The van der Waals surface area contributed by atoms with Gasteiger partial charge in [0.25, 0.3) is 0 Å². The Morgan fingerprint density at radius 2 is 1.90 bits per heavy atom. The Labute approximate surface area is 166 Å². The highest BCUT2D eigenvalue weighted by Crippen LogP contribution is 2.31. The van der Waals surface area contributed by atoms with Gasteiger partial charge in [-0.3, -0.25) is 4.79 Å². The number of nitrogens with one attached hydrogen (secondary N) is 2. The molecule has 0 spiro atoms.